The summed E-state index contributed by atoms with van der Waals surface area (Å²) < 4.78 is 5.07. The summed E-state index contributed by atoms with van der Waals surface area (Å²) in [7, 11) is 1.62. The van der Waals surface area contributed by atoms with E-state index in [1.165, 1.54) is 0 Å². The van der Waals surface area contributed by atoms with E-state index in [1.807, 2.05) is 24.3 Å². The number of hydrogen-bond donors (Lipinski definition) is 1. The van der Waals surface area contributed by atoms with Crippen molar-refractivity contribution in [1.82, 2.24) is 5.32 Å². The van der Waals surface area contributed by atoms with Crippen LogP contribution in [0.15, 0.2) is 24.3 Å². The van der Waals surface area contributed by atoms with Crippen LogP contribution in [-0.2, 0) is 11.3 Å². The zero-order chi connectivity index (χ0) is 10.4. The number of nitrogens with one attached hydrogen (secondary N) is 1. The number of carbonyl (C=O) groups excluding carboxylic acids is 1. The van der Waals surface area contributed by atoms with E-state index in [0.717, 1.165) is 11.3 Å². The third kappa shape index (κ3) is 3.38. The Bertz CT molecular complexity index is 315. The SMILES string of the molecule is COc1cccc(CNC(=O)CBr)c1. The van der Waals surface area contributed by atoms with Crippen LogP contribution in [0.5, 0.6) is 5.75 Å². The third-order valence-electron chi connectivity index (χ3n) is 1.75. The smallest absolute Gasteiger partial charge is 0.230 e. The molecule has 76 valence electrons. The van der Waals surface area contributed by atoms with Crippen LogP contribution in [0, 0.1) is 0 Å². The normalized spacial score (nSPS) is 9.57. The van der Waals surface area contributed by atoms with E-state index in [4.69, 9.17) is 4.74 Å². The Hall–Kier alpha value is -1.03. The summed E-state index contributed by atoms with van der Waals surface area (Å²) in [6.45, 7) is 0.529. The van der Waals surface area contributed by atoms with Crippen molar-refractivity contribution >= 4 is 21.8 Å². The first kappa shape index (κ1) is 11.0. The molecule has 0 aliphatic carbocycles. The van der Waals surface area contributed by atoms with Gasteiger partial charge in [0.15, 0.2) is 0 Å². The van der Waals surface area contributed by atoms with Crippen molar-refractivity contribution in [2.75, 3.05) is 12.4 Å². The third-order valence-corrected chi connectivity index (χ3v) is 2.25. The Kier molecular flexibility index (Phi) is 4.46. The van der Waals surface area contributed by atoms with E-state index < -0.39 is 0 Å². The molecule has 1 aromatic rings. The summed E-state index contributed by atoms with van der Waals surface area (Å²) in [5.41, 5.74) is 1.03. The van der Waals surface area contributed by atoms with Crippen molar-refractivity contribution in [3.63, 3.8) is 0 Å². The average Bonchev–Trinajstić information content (AvgIpc) is 2.26. The number of alkyl halides is 1. The molecular formula is C10H12BrNO2. The maximum Gasteiger partial charge on any atom is 0.230 e. The van der Waals surface area contributed by atoms with E-state index in [-0.39, 0.29) is 5.91 Å². The highest BCUT2D eigenvalue weighted by atomic mass is 79.9. The molecule has 0 saturated heterocycles. The Morgan fingerprint density at radius 2 is 2.36 bits per heavy atom. The topological polar surface area (TPSA) is 38.3 Å². The van der Waals surface area contributed by atoms with Gasteiger partial charge in [0.05, 0.1) is 12.4 Å². The minimum Gasteiger partial charge on any atom is -0.497 e. The van der Waals surface area contributed by atoms with Crippen LogP contribution >= 0.6 is 15.9 Å². The van der Waals surface area contributed by atoms with Gasteiger partial charge in [-0.2, -0.15) is 0 Å². The van der Waals surface area contributed by atoms with E-state index in [2.05, 4.69) is 21.2 Å². The fourth-order valence-electron chi connectivity index (χ4n) is 1.03. The van der Waals surface area contributed by atoms with Crippen LogP contribution in [0.3, 0.4) is 0 Å². The van der Waals surface area contributed by atoms with Crippen LogP contribution in [0.2, 0.25) is 0 Å². The number of amides is 1. The predicted molar refractivity (Wildman–Crippen MR) is 58.6 cm³/mol. The van der Waals surface area contributed by atoms with Crippen molar-refractivity contribution in [3.8, 4) is 5.75 Å². The zero-order valence-corrected chi connectivity index (χ0v) is 9.50. The molecule has 0 spiro atoms. The largest absolute Gasteiger partial charge is 0.497 e. The summed E-state index contributed by atoms with van der Waals surface area (Å²) in [5.74, 6) is 0.781. The molecule has 4 heteroatoms. The summed E-state index contributed by atoms with van der Waals surface area (Å²) in [4.78, 5) is 11.0. The standard InChI is InChI=1S/C10H12BrNO2/c1-14-9-4-2-3-8(5-9)7-12-10(13)6-11/h2-5H,6-7H2,1H3,(H,12,13). The molecule has 0 bridgehead atoms. The Labute approximate surface area is 91.6 Å². The molecule has 0 radical (unpaired) electrons. The molecule has 0 atom stereocenters. The predicted octanol–water partition coefficient (Wildman–Crippen LogP) is 1.71. The summed E-state index contributed by atoms with van der Waals surface area (Å²) in [6.07, 6.45) is 0. The van der Waals surface area contributed by atoms with Gasteiger partial charge in [0.25, 0.3) is 0 Å². The molecule has 0 aliphatic heterocycles. The molecule has 14 heavy (non-hydrogen) atoms. The fourth-order valence-corrected chi connectivity index (χ4v) is 1.23. The van der Waals surface area contributed by atoms with Crippen LogP contribution in [0.4, 0.5) is 0 Å². The summed E-state index contributed by atoms with van der Waals surface area (Å²) in [6, 6.07) is 7.61. The van der Waals surface area contributed by atoms with Gasteiger partial charge in [-0.05, 0) is 17.7 Å². The Morgan fingerprint density at radius 3 is 3.00 bits per heavy atom. The number of benzene rings is 1. The van der Waals surface area contributed by atoms with Crippen LogP contribution in [-0.4, -0.2) is 18.3 Å². The highest BCUT2D eigenvalue weighted by molar-refractivity contribution is 9.09. The summed E-state index contributed by atoms with van der Waals surface area (Å²) >= 11 is 3.08. The first-order valence-corrected chi connectivity index (χ1v) is 5.34. The van der Waals surface area contributed by atoms with Gasteiger partial charge < -0.3 is 10.1 Å². The number of carbonyl (C=O) groups is 1. The molecule has 1 rings (SSSR count). The van der Waals surface area contributed by atoms with Crippen LogP contribution in [0.25, 0.3) is 0 Å². The average molecular weight is 258 g/mol. The quantitative estimate of drug-likeness (QED) is 0.835. The molecule has 1 N–H and O–H groups in total. The van der Waals surface area contributed by atoms with Gasteiger partial charge in [-0.15, -0.1) is 0 Å². The Balaban J connectivity index is 2.54. The van der Waals surface area contributed by atoms with Crippen molar-refractivity contribution in [2.45, 2.75) is 6.54 Å². The first-order chi connectivity index (χ1) is 6.76. The molecule has 0 unspecified atom stereocenters. The molecule has 1 aromatic carbocycles. The lowest BCUT2D eigenvalue weighted by atomic mass is 10.2. The number of rotatable bonds is 4. The highest BCUT2D eigenvalue weighted by Crippen LogP contribution is 2.11. The second kappa shape index (κ2) is 5.65. The number of hydrogen-bond acceptors (Lipinski definition) is 2. The van der Waals surface area contributed by atoms with Crippen molar-refractivity contribution in [2.24, 2.45) is 0 Å². The molecule has 0 aromatic heterocycles. The molecule has 0 fully saturated rings. The molecule has 3 nitrogen and oxygen atoms in total. The molecular weight excluding hydrogens is 246 g/mol. The second-order valence-electron chi connectivity index (χ2n) is 2.76. The van der Waals surface area contributed by atoms with Gasteiger partial charge in [-0.25, -0.2) is 0 Å². The van der Waals surface area contributed by atoms with Gasteiger partial charge in [0.1, 0.15) is 5.75 Å². The van der Waals surface area contributed by atoms with Crippen LogP contribution in [0.1, 0.15) is 5.56 Å². The number of halogens is 1. The second-order valence-corrected chi connectivity index (χ2v) is 3.32. The van der Waals surface area contributed by atoms with E-state index in [0.29, 0.717) is 11.9 Å². The molecule has 0 aliphatic rings. The minimum atomic E-state index is -0.0205. The van der Waals surface area contributed by atoms with Crippen molar-refractivity contribution < 1.29 is 9.53 Å². The van der Waals surface area contributed by atoms with Crippen LogP contribution < -0.4 is 10.1 Å². The lowest BCUT2D eigenvalue weighted by molar-refractivity contribution is -0.118. The first-order valence-electron chi connectivity index (χ1n) is 4.22. The number of methoxy groups -OCH3 is 1. The highest BCUT2D eigenvalue weighted by Gasteiger charge is 1.99. The monoisotopic (exact) mass is 257 g/mol. The lowest BCUT2D eigenvalue weighted by Crippen LogP contribution is -2.23. The van der Waals surface area contributed by atoms with Gasteiger partial charge in [-0.3, -0.25) is 4.79 Å². The van der Waals surface area contributed by atoms with E-state index >= 15 is 0 Å². The van der Waals surface area contributed by atoms with Gasteiger partial charge in [-0.1, -0.05) is 28.1 Å². The lowest BCUT2D eigenvalue weighted by Gasteiger charge is -2.05. The van der Waals surface area contributed by atoms with E-state index in [9.17, 15) is 4.79 Å². The van der Waals surface area contributed by atoms with Gasteiger partial charge >= 0.3 is 0 Å². The molecule has 0 heterocycles. The maximum atomic E-state index is 11.0. The Morgan fingerprint density at radius 1 is 1.57 bits per heavy atom. The van der Waals surface area contributed by atoms with Crippen molar-refractivity contribution in [1.29, 1.82) is 0 Å². The minimum absolute atomic E-state index is 0.0205. The van der Waals surface area contributed by atoms with Gasteiger partial charge in [0, 0.05) is 6.54 Å². The van der Waals surface area contributed by atoms with Gasteiger partial charge in [0.2, 0.25) is 5.91 Å². The molecule has 1 amide bonds. The molecule has 0 saturated carbocycles. The van der Waals surface area contributed by atoms with E-state index in [1.54, 1.807) is 7.11 Å². The fraction of sp³-hybridized carbons (Fsp3) is 0.300. The maximum absolute atomic E-state index is 11.0. The summed E-state index contributed by atoms with van der Waals surface area (Å²) in [5, 5.41) is 3.09. The zero-order valence-electron chi connectivity index (χ0n) is 7.92. The van der Waals surface area contributed by atoms with Crippen molar-refractivity contribution in [3.05, 3.63) is 29.8 Å². The number of ether oxygens (including phenoxy) is 1.